The Morgan fingerprint density at radius 2 is 1.88 bits per heavy atom. The van der Waals surface area contributed by atoms with Gasteiger partial charge >= 0.3 is 6.18 Å². The molecule has 1 aliphatic carbocycles. The van der Waals surface area contributed by atoms with Gasteiger partial charge in [-0.3, -0.25) is 0 Å². The number of fused-ring (bicyclic) bond motifs is 1. The van der Waals surface area contributed by atoms with Gasteiger partial charge in [0, 0.05) is 5.39 Å². The van der Waals surface area contributed by atoms with E-state index in [4.69, 9.17) is 19.9 Å². The fourth-order valence-electron chi connectivity index (χ4n) is 3.37. The van der Waals surface area contributed by atoms with Crippen molar-refractivity contribution in [3.05, 3.63) is 41.1 Å². The number of ether oxygens (including phenoxy) is 3. The summed E-state index contributed by atoms with van der Waals surface area (Å²) in [6.45, 7) is 1.95. The normalized spacial score (nSPS) is 13.8. The van der Waals surface area contributed by atoms with Gasteiger partial charge in [-0.05, 0) is 38.0 Å². The minimum Gasteiger partial charge on any atom is -0.490 e. The maximum Gasteiger partial charge on any atom is 0.416 e. The molecule has 0 radical (unpaired) electrons. The number of alkyl halides is 3. The Morgan fingerprint density at radius 1 is 1.12 bits per heavy atom. The van der Waals surface area contributed by atoms with Gasteiger partial charge in [0.05, 0.1) is 37.6 Å². The van der Waals surface area contributed by atoms with Gasteiger partial charge in [-0.15, -0.1) is 0 Å². The summed E-state index contributed by atoms with van der Waals surface area (Å²) in [6.07, 6.45) is -2.28. The van der Waals surface area contributed by atoms with Crippen molar-refractivity contribution in [2.45, 2.75) is 38.6 Å². The Hall–Kier alpha value is -3.41. The predicted octanol–water partition coefficient (Wildman–Crippen LogP) is 4.25. The van der Waals surface area contributed by atoms with E-state index in [1.54, 1.807) is 6.92 Å². The highest BCUT2D eigenvalue weighted by Crippen LogP contribution is 2.38. The van der Waals surface area contributed by atoms with E-state index in [-0.39, 0.29) is 64.8 Å². The molecule has 2 heterocycles. The predicted molar refractivity (Wildman–Crippen MR) is 116 cm³/mol. The molecule has 34 heavy (non-hydrogen) atoms. The Balaban J connectivity index is 1.63. The summed E-state index contributed by atoms with van der Waals surface area (Å²) < 4.78 is 71.0. The molecule has 3 N–H and O–H groups in total. The second-order valence-corrected chi connectivity index (χ2v) is 7.78. The van der Waals surface area contributed by atoms with E-state index in [1.807, 2.05) is 0 Å². The molecule has 0 atom stereocenters. The molecular weight excluding hydrogens is 458 g/mol. The lowest BCUT2D eigenvalue weighted by Gasteiger charge is -2.16. The fourth-order valence-corrected chi connectivity index (χ4v) is 3.37. The van der Waals surface area contributed by atoms with Crippen molar-refractivity contribution in [2.75, 3.05) is 31.4 Å². The van der Waals surface area contributed by atoms with E-state index in [0.29, 0.717) is 6.61 Å². The molecule has 0 aliphatic heterocycles. The summed E-state index contributed by atoms with van der Waals surface area (Å²) in [5.74, 6) is -0.553. The van der Waals surface area contributed by atoms with Crippen molar-refractivity contribution < 1.29 is 31.8 Å². The first-order valence-electron chi connectivity index (χ1n) is 10.5. The molecule has 0 unspecified atom stereocenters. The van der Waals surface area contributed by atoms with Crippen LogP contribution in [-0.2, 0) is 17.5 Å². The maximum absolute atomic E-state index is 15.2. The van der Waals surface area contributed by atoms with Crippen LogP contribution in [0.2, 0.25) is 0 Å². The number of aromatic nitrogens is 3. The highest BCUT2D eigenvalue weighted by Gasteiger charge is 2.31. The minimum atomic E-state index is -4.57. The maximum atomic E-state index is 15.2. The van der Waals surface area contributed by atoms with Gasteiger partial charge in [-0.2, -0.15) is 13.2 Å². The average Bonchev–Trinajstić information content (AvgIpc) is 3.59. The first-order chi connectivity index (χ1) is 16.2. The third-order valence-corrected chi connectivity index (χ3v) is 5.05. The monoisotopic (exact) mass is 481 g/mol. The summed E-state index contributed by atoms with van der Waals surface area (Å²) in [4.78, 5) is 12.4. The summed E-state index contributed by atoms with van der Waals surface area (Å²) in [5.41, 5.74) is 4.64. The zero-order chi connectivity index (χ0) is 24.5. The molecule has 4 rings (SSSR count). The van der Waals surface area contributed by atoms with E-state index < -0.39 is 17.6 Å². The molecular formula is C22H23F4N5O3. The second kappa shape index (κ2) is 9.45. The number of aryl methyl sites for hydroxylation is 1. The molecule has 1 aliphatic rings. The Labute approximate surface area is 192 Å². The molecule has 12 heteroatoms. The topological polar surface area (TPSA) is 104 Å². The van der Waals surface area contributed by atoms with Crippen LogP contribution in [0.25, 0.3) is 10.9 Å². The number of hydrogen-bond donors (Lipinski definition) is 2. The molecule has 1 aromatic carbocycles. The van der Waals surface area contributed by atoms with Crippen molar-refractivity contribution in [3.63, 3.8) is 0 Å². The number of nitrogens with one attached hydrogen (secondary N) is 1. The number of nitrogens with zero attached hydrogens (tertiary/aromatic N) is 3. The standard InChI is InChI=1S/C22H23F4N5O3/c1-11-29-19-15(9-16(20(32-2)18(19)23)34-6-5-33-14-3-4-14)21(30-11)28-10-13-7-12(22(24,25)26)8-17(27)31-13/h7-9,14H,3-6,10H2,1-2H3,(H2,27,31)(H,28,29,30). The third-order valence-electron chi connectivity index (χ3n) is 5.05. The van der Waals surface area contributed by atoms with E-state index >= 15 is 4.39 Å². The molecule has 0 amide bonds. The second-order valence-electron chi connectivity index (χ2n) is 7.78. The summed E-state index contributed by atoms with van der Waals surface area (Å²) in [5, 5.41) is 3.17. The van der Waals surface area contributed by atoms with Crippen molar-refractivity contribution >= 4 is 22.5 Å². The molecule has 1 fully saturated rings. The number of nitrogens with two attached hydrogens (primary N) is 1. The number of methoxy groups -OCH3 is 1. The van der Waals surface area contributed by atoms with Gasteiger partial charge in [0.1, 0.15) is 29.6 Å². The molecule has 8 nitrogen and oxygen atoms in total. The number of benzene rings is 1. The summed E-state index contributed by atoms with van der Waals surface area (Å²) >= 11 is 0. The molecule has 0 spiro atoms. The van der Waals surface area contributed by atoms with Gasteiger partial charge < -0.3 is 25.3 Å². The molecule has 2 aromatic heterocycles. The molecule has 182 valence electrons. The lowest BCUT2D eigenvalue weighted by molar-refractivity contribution is -0.137. The number of nitrogen functional groups attached to an aromatic ring is 1. The van der Waals surface area contributed by atoms with Crippen LogP contribution in [0, 0.1) is 12.7 Å². The van der Waals surface area contributed by atoms with Crippen LogP contribution in [0.1, 0.15) is 29.9 Å². The lowest BCUT2D eigenvalue weighted by atomic mass is 10.1. The van der Waals surface area contributed by atoms with Crippen LogP contribution in [0.5, 0.6) is 11.5 Å². The smallest absolute Gasteiger partial charge is 0.416 e. The SMILES string of the molecule is COc1c(OCCOC2CC2)cc2c(NCc3cc(C(F)(F)F)cc(N)n3)nc(C)nc2c1F. The number of pyridine rings is 1. The van der Waals surface area contributed by atoms with Crippen LogP contribution in [-0.4, -0.2) is 41.4 Å². The highest BCUT2D eigenvalue weighted by molar-refractivity contribution is 5.92. The molecule has 3 aromatic rings. The third kappa shape index (κ3) is 5.38. The van der Waals surface area contributed by atoms with Crippen molar-refractivity contribution in [1.29, 1.82) is 0 Å². The largest absolute Gasteiger partial charge is 0.490 e. The van der Waals surface area contributed by atoms with Gasteiger partial charge in [-0.1, -0.05) is 0 Å². The summed E-state index contributed by atoms with van der Waals surface area (Å²) in [7, 11) is 1.31. The van der Waals surface area contributed by atoms with Crippen LogP contribution in [0.15, 0.2) is 18.2 Å². The number of halogens is 4. The van der Waals surface area contributed by atoms with Gasteiger partial charge in [0.25, 0.3) is 0 Å². The van der Waals surface area contributed by atoms with Gasteiger partial charge in [0.2, 0.25) is 0 Å². The van der Waals surface area contributed by atoms with Gasteiger partial charge in [0.15, 0.2) is 17.3 Å². The number of anilines is 2. The number of hydrogen-bond acceptors (Lipinski definition) is 8. The van der Waals surface area contributed by atoms with Crippen LogP contribution in [0.4, 0.5) is 29.2 Å². The zero-order valence-electron chi connectivity index (χ0n) is 18.5. The minimum absolute atomic E-state index is 0.0232. The van der Waals surface area contributed by atoms with Crippen LogP contribution < -0.4 is 20.5 Å². The lowest BCUT2D eigenvalue weighted by Crippen LogP contribution is -2.12. The Morgan fingerprint density at radius 3 is 2.56 bits per heavy atom. The van der Waals surface area contributed by atoms with E-state index in [2.05, 4.69) is 20.3 Å². The molecule has 0 saturated heterocycles. The van der Waals surface area contributed by atoms with Gasteiger partial charge in [-0.25, -0.2) is 19.3 Å². The van der Waals surface area contributed by atoms with Crippen LogP contribution >= 0.6 is 0 Å². The highest BCUT2D eigenvalue weighted by atomic mass is 19.4. The first-order valence-corrected chi connectivity index (χ1v) is 10.5. The Kier molecular flexibility index (Phi) is 6.60. The molecule has 0 bridgehead atoms. The molecule has 1 saturated carbocycles. The van der Waals surface area contributed by atoms with E-state index in [1.165, 1.54) is 13.2 Å². The van der Waals surface area contributed by atoms with E-state index in [9.17, 15) is 13.2 Å². The average molecular weight is 481 g/mol. The van der Waals surface area contributed by atoms with Crippen molar-refractivity contribution in [2.24, 2.45) is 0 Å². The van der Waals surface area contributed by atoms with Crippen molar-refractivity contribution in [1.82, 2.24) is 15.0 Å². The van der Waals surface area contributed by atoms with E-state index in [0.717, 1.165) is 25.0 Å². The number of rotatable bonds is 9. The zero-order valence-corrected chi connectivity index (χ0v) is 18.5. The Bertz CT molecular complexity index is 1200. The fraction of sp³-hybridized carbons (Fsp3) is 0.409. The van der Waals surface area contributed by atoms with Crippen LogP contribution in [0.3, 0.4) is 0 Å². The quantitative estimate of drug-likeness (QED) is 0.345. The first kappa shape index (κ1) is 23.7. The van der Waals surface area contributed by atoms with Crippen molar-refractivity contribution in [3.8, 4) is 11.5 Å². The summed E-state index contributed by atoms with van der Waals surface area (Å²) in [6, 6.07) is 3.16.